The van der Waals surface area contributed by atoms with Gasteiger partial charge in [0.2, 0.25) is 0 Å². The maximum Gasteiger partial charge on any atom is 0.360 e. The second-order valence-electron chi connectivity index (χ2n) is 5.11. The number of imidazole rings is 1. The molecule has 0 bridgehead atoms. The van der Waals surface area contributed by atoms with E-state index in [9.17, 15) is 4.79 Å². The number of nitrogen functional groups attached to an aromatic ring is 1. The molecule has 6 nitrogen and oxygen atoms in total. The summed E-state index contributed by atoms with van der Waals surface area (Å²) in [6.45, 7) is 11.1. The Morgan fingerprint density at radius 3 is 2.45 bits per heavy atom. The first-order chi connectivity index (χ1) is 9.36. The van der Waals surface area contributed by atoms with Crippen LogP contribution in [0.4, 0.5) is 5.82 Å². The predicted octanol–water partition coefficient (Wildman–Crippen LogP) is 2.02. The average Bonchev–Trinajstić information content (AvgIpc) is 2.66. The lowest BCUT2D eigenvalue weighted by Gasteiger charge is -2.26. The molecule has 0 atom stereocenters. The van der Waals surface area contributed by atoms with Crippen molar-refractivity contribution in [2.24, 2.45) is 0 Å². The largest absolute Gasteiger partial charge is 0.461 e. The number of hydrogen-bond acceptors (Lipinski definition) is 5. The standard InChI is InChI=1S/C14H25N3O3/c1-6-10-16-11(13(18)19-7-2)12(15)17(10)9-14(4,5)20-8-3/h6-9,15H2,1-5H3. The van der Waals surface area contributed by atoms with Crippen molar-refractivity contribution in [3.05, 3.63) is 11.5 Å². The smallest absolute Gasteiger partial charge is 0.360 e. The van der Waals surface area contributed by atoms with Gasteiger partial charge in [0.15, 0.2) is 5.69 Å². The van der Waals surface area contributed by atoms with Crippen LogP contribution in [0, 0.1) is 0 Å². The summed E-state index contributed by atoms with van der Waals surface area (Å²) in [5.74, 6) is 0.624. The molecule has 20 heavy (non-hydrogen) atoms. The third-order valence-electron chi connectivity index (χ3n) is 2.94. The van der Waals surface area contributed by atoms with E-state index in [4.69, 9.17) is 15.2 Å². The number of aryl methyl sites for hydroxylation is 1. The van der Waals surface area contributed by atoms with E-state index in [0.717, 1.165) is 5.82 Å². The van der Waals surface area contributed by atoms with Gasteiger partial charge in [-0.15, -0.1) is 0 Å². The molecule has 0 aromatic carbocycles. The minimum atomic E-state index is -0.479. The molecule has 0 unspecified atom stereocenters. The number of ether oxygens (including phenoxy) is 2. The molecule has 114 valence electrons. The Morgan fingerprint density at radius 1 is 1.30 bits per heavy atom. The van der Waals surface area contributed by atoms with E-state index in [0.29, 0.717) is 32.0 Å². The highest BCUT2D eigenvalue weighted by atomic mass is 16.5. The van der Waals surface area contributed by atoms with Crippen LogP contribution in [0.3, 0.4) is 0 Å². The van der Waals surface area contributed by atoms with Crippen molar-refractivity contribution in [3.63, 3.8) is 0 Å². The molecule has 1 heterocycles. The highest BCUT2D eigenvalue weighted by molar-refractivity contribution is 5.92. The van der Waals surface area contributed by atoms with E-state index < -0.39 is 5.97 Å². The average molecular weight is 283 g/mol. The molecule has 6 heteroatoms. The third-order valence-corrected chi connectivity index (χ3v) is 2.94. The SMILES string of the molecule is CCOC(=O)c1nc(CC)n(CC(C)(C)OCC)c1N. The molecule has 0 saturated carbocycles. The van der Waals surface area contributed by atoms with Crippen LogP contribution in [0.15, 0.2) is 0 Å². The van der Waals surface area contributed by atoms with Gasteiger partial charge in [0.1, 0.15) is 11.6 Å². The summed E-state index contributed by atoms with van der Waals surface area (Å²) in [4.78, 5) is 16.1. The van der Waals surface area contributed by atoms with Crippen molar-refractivity contribution in [2.75, 3.05) is 18.9 Å². The first-order valence-corrected chi connectivity index (χ1v) is 7.02. The van der Waals surface area contributed by atoms with Gasteiger partial charge in [-0.3, -0.25) is 0 Å². The van der Waals surface area contributed by atoms with E-state index in [2.05, 4.69) is 4.98 Å². The Bertz CT molecular complexity index is 466. The first kappa shape index (κ1) is 16.5. The normalized spacial score (nSPS) is 11.7. The highest BCUT2D eigenvalue weighted by Gasteiger charge is 2.26. The monoisotopic (exact) mass is 283 g/mol. The van der Waals surface area contributed by atoms with Gasteiger partial charge in [0, 0.05) is 13.0 Å². The van der Waals surface area contributed by atoms with Crippen molar-refractivity contribution in [1.82, 2.24) is 9.55 Å². The van der Waals surface area contributed by atoms with Crippen molar-refractivity contribution in [2.45, 2.75) is 53.2 Å². The summed E-state index contributed by atoms with van der Waals surface area (Å²) in [7, 11) is 0. The number of nitrogens with zero attached hydrogens (tertiary/aromatic N) is 2. The van der Waals surface area contributed by atoms with Crippen LogP contribution in [0.1, 0.15) is 50.9 Å². The zero-order valence-electron chi connectivity index (χ0n) is 13.0. The van der Waals surface area contributed by atoms with Crippen LogP contribution >= 0.6 is 0 Å². The lowest BCUT2D eigenvalue weighted by Crippen LogP contribution is -2.31. The molecule has 1 aromatic heterocycles. The van der Waals surface area contributed by atoms with E-state index in [1.54, 1.807) is 6.92 Å². The van der Waals surface area contributed by atoms with Crippen LogP contribution in [0.2, 0.25) is 0 Å². The van der Waals surface area contributed by atoms with Gasteiger partial charge in [0.05, 0.1) is 18.8 Å². The van der Waals surface area contributed by atoms with Crippen LogP contribution in [0.5, 0.6) is 0 Å². The van der Waals surface area contributed by atoms with E-state index in [1.807, 2.05) is 32.3 Å². The number of carbonyl (C=O) groups excluding carboxylic acids is 1. The predicted molar refractivity (Wildman–Crippen MR) is 77.7 cm³/mol. The Hall–Kier alpha value is -1.56. The molecule has 0 radical (unpaired) electrons. The second kappa shape index (κ2) is 6.74. The molecule has 0 fully saturated rings. The molecule has 0 aliphatic rings. The van der Waals surface area contributed by atoms with Gasteiger partial charge >= 0.3 is 5.97 Å². The molecule has 1 aromatic rings. The number of anilines is 1. The van der Waals surface area contributed by atoms with Gasteiger partial charge in [-0.1, -0.05) is 6.92 Å². The number of nitrogens with two attached hydrogens (primary N) is 1. The minimum absolute atomic E-state index is 0.191. The Morgan fingerprint density at radius 2 is 1.95 bits per heavy atom. The quantitative estimate of drug-likeness (QED) is 0.774. The van der Waals surface area contributed by atoms with Gasteiger partial charge in [-0.25, -0.2) is 9.78 Å². The van der Waals surface area contributed by atoms with Crippen LogP contribution in [-0.4, -0.2) is 34.3 Å². The summed E-state index contributed by atoms with van der Waals surface area (Å²) in [5, 5.41) is 0. The van der Waals surface area contributed by atoms with Gasteiger partial charge in [-0.2, -0.15) is 0 Å². The molecule has 2 N–H and O–H groups in total. The zero-order valence-corrected chi connectivity index (χ0v) is 13.0. The molecule has 1 rings (SSSR count). The number of aromatic nitrogens is 2. The number of esters is 1. The Labute approximate surface area is 120 Å². The van der Waals surface area contributed by atoms with Crippen LogP contribution in [-0.2, 0) is 22.4 Å². The fraction of sp³-hybridized carbons (Fsp3) is 0.714. The second-order valence-corrected chi connectivity index (χ2v) is 5.11. The summed E-state index contributed by atoms with van der Waals surface area (Å²) in [6.07, 6.45) is 0.686. The van der Waals surface area contributed by atoms with E-state index >= 15 is 0 Å². The van der Waals surface area contributed by atoms with Crippen molar-refractivity contribution < 1.29 is 14.3 Å². The van der Waals surface area contributed by atoms with Gasteiger partial charge < -0.3 is 19.8 Å². The fourth-order valence-corrected chi connectivity index (χ4v) is 2.13. The molecular weight excluding hydrogens is 258 g/mol. The van der Waals surface area contributed by atoms with Crippen molar-refractivity contribution >= 4 is 11.8 Å². The summed E-state index contributed by atoms with van der Waals surface area (Å²) >= 11 is 0. The lowest BCUT2D eigenvalue weighted by molar-refractivity contribution is -0.0225. The third kappa shape index (κ3) is 3.72. The molecule has 0 saturated heterocycles. The molecule has 0 aliphatic heterocycles. The van der Waals surface area contributed by atoms with Crippen molar-refractivity contribution in [1.29, 1.82) is 0 Å². The minimum Gasteiger partial charge on any atom is -0.461 e. The first-order valence-electron chi connectivity index (χ1n) is 7.02. The summed E-state index contributed by atoms with van der Waals surface area (Å²) in [5.41, 5.74) is 5.87. The number of carbonyl (C=O) groups is 1. The highest BCUT2D eigenvalue weighted by Crippen LogP contribution is 2.21. The molecule has 0 amide bonds. The molecule has 0 spiro atoms. The molecular formula is C14H25N3O3. The Balaban J connectivity index is 3.10. The Kier molecular flexibility index (Phi) is 5.56. The summed E-state index contributed by atoms with van der Waals surface area (Å²) in [6, 6.07) is 0. The maximum atomic E-state index is 11.8. The fourth-order valence-electron chi connectivity index (χ4n) is 2.13. The topological polar surface area (TPSA) is 79.4 Å². The van der Waals surface area contributed by atoms with Gasteiger partial charge in [-0.05, 0) is 27.7 Å². The van der Waals surface area contributed by atoms with E-state index in [1.165, 1.54) is 0 Å². The number of rotatable bonds is 7. The zero-order chi connectivity index (χ0) is 15.3. The maximum absolute atomic E-state index is 11.8. The van der Waals surface area contributed by atoms with E-state index in [-0.39, 0.29) is 11.3 Å². The van der Waals surface area contributed by atoms with Crippen molar-refractivity contribution in [3.8, 4) is 0 Å². The van der Waals surface area contributed by atoms with Crippen LogP contribution < -0.4 is 5.73 Å². The number of hydrogen-bond donors (Lipinski definition) is 1. The van der Waals surface area contributed by atoms with Crippen LogP contribution in [0.25, 0.3) is 0 Å². The molecule has 0 aliphatic carbocycles. The van der Waals surface area contributed by atoms with Gasteiger partial charge in [0.25, 0.3) is 0 Å². The lowest BCUT2D eigenvalue weighted by atomic mass is 10.1. The summed E-state index contributed by atoms with van der Waals surface area (Å²) < 4.78 is 12.5.